The van der Waals surface area contributed by atoms with Gasteiger partial charge in [0.25, 0.3) is 11.6 Å². The number of hydrogen-bond acceptors (Lipinski definition) is 5. The van der Waals surface area contributed by atoms with Gasteiger partial charge in [0.15, 0.2) is 5.78 Å². The first-order chi connectivity index (χ1) is 16.4. The number of halogens is 1. The zero-order valence-corrected chi connectivity index (χ0v) is 19.6. The van der Waals surface area contributed by atoms with Crippen LogP contribution in [0.4, 0.5) is 14.9 Å². The average Bonchev–Trinajstić information content (AvgIpc) is 3.23. The summed E-state index contributed by atoms with van der Waals surface area (Å²) in [6.07, 6.45) is 0. The molecule has 1 aliphatic heterocycles. The highest BCUT2D eigenvalue weighted by Crippen LogP contribution is 2.31. The van der Waals surface area contributed by atoms with Gasteiger partial charge in [0.2, 0.25) is 0 Å². The van der Waals surface area contributed by atoms with E-state index in [1.165, 1.54) is 37.3 Å². The fourth-order valence-electron chi connectivity index (χ4n) is 4.34. The fraction of sp³-hybridized carbons (Fsp3) is 0.240. The Labute approximate surface area is 200 Å². The minimum absolute atomic E-state index is 0.148. The van der Waals surface area contributed by atoms with Gasteiger partial charge in [0, 0.05) is 34.8 Å². The number of nitro groups is 1. The summed E-state index contributed by atoms with van der Waals surface area (Å²) < 4.78 is 15.9. The molecule has 35 heavy (non-hydrogen) atoms. The Balaban J connectivity index is 1.59. The molecule has 2 heterocycles. The van der Waals surface area contributed by atoms with Gasteiger partial charge in [-0.2, -0.15) is 0 Å². The molecule has 0 bridgehead atoms. The van der Waals surface area contributed by atoms with Crippen LogP contribution in [0.1, 0.15) is 39.8 Å². The van der Waals surface area contributed by atoms with E-state index in [4.69, 9.17) is 0 Å². The van der Waals surface area contributed by atoms with Crippen molar-refractivity contribution < 1.29 is 23.7 Å². The Kier molecular flexibility index (Phi) is 5.75. The van der Waals surface area contributed by atoms with Crippen LogP contribution < -0.4 is 5.32 Å². The van der Waals surface area contributed by atoms with Crippen LogP contribution in [-0.4, -0.2) is 38.7 Å². The van der Waals surface area contributed by atoms with E-state index < -0.39 is 34.7 Å². The summed E-state index contributed by atoms with van der Waals surface area (Å²) >= 11 is 0. The van der Waals surface area contributed by atoms with E-state index in [0.29, 0.717) is 33.8 Å². The van der Waals surface area contributed by atoms with Gasteiger partial charge >= 0.3 is 6.03 Å². The van der Waals surface area contributed by atoms with Crippen LogP contribution in [0.25, 0.3) is 5.69 Å². The zero-order chi connectivity index (χ0) is 25.7. The maximum atomic E-state index is 14.1. The van der Waals surface area contributed by atoms with Crippen molar-refractivity contribution in [2.45, 2.75) is 33.2 Å². The largest absolute Gasteiger partial charge is 0.325 e. The molecule has 180 valence electrons. The SMILES string of the molecule is Cc1ccc(-n2c(C)cc(C(=O)CN3C(=O)N[C@@](C)(c4ccc([N+](=O)[O-])cc4)C3=O)c2C)cc1F. The molecule has 1 N–H and O–H groups in total. The molecule has 3 amide bonds. The minimum atomic E-state index is -1.47. The lowest BCUT2D eigenvalue weighted by Gasteiger charge is -2.22. The van der Waals surface area contributed by atoms with Gasteiger partial charge in [-0.05, 0) is 69.2 Å². The zero-order valence-electron chi connectivity index (χ0n) is 19.6. The van der Waals surface area contributed by atoms with Gasteiger partial charge < -0.3 is 9.88 Å². The molecular weight excluding hydrogens is 455 g/mol. The number of amides is 3. The molecule has 0 aliphatic carbocycles. The molecule has 0 unspecified atom stereocenters. The molecule has 1 fully saturated rings. The van der Waals surface area contributed by atoms with Crippen molar-refractivity contribution in [3.63, 3.8) is 0 Å². The first kappa shape index (κ1) is 23.8. The van der Waals surface area contributed by atoms with Crippen LogP contribution in [0.2, 0.25) is 0 Å². The average molecular weight is 478 g/mol. The maximum Gasteiger partial charge on any atom is 0.325 e. The lowest BCUT2D eigenvalue weighted by Crippen LogP contribution is -2.41. The van der Waals surface area contributed by atoms with Crippen LogP contribution >= 0.6 is 0 Å². The first-order valence-electron chi connectivity index (χ1n) is 10.8. The van der Waals surface area contributed by atoms with Crippen molar-refractivity contribution in [3.05, 3.63) is 92.5 Å². The molecule has 2 aromatic carbocycles. The number of Topliss-reactive ketones (excluding diaryl/α,β-unsaturated/α-hetero) is 1. The highest BCUT2D eigenvalue weighted by Gasteiger charge is 2.49. The van der Waals surface area contributed by atoms with Gasteiger partial charge in [-0.15, -0.1) is 0 Å². The fourth-order valence-corrected chi connectivity index (χ4v) is 4.34. The van der Waals surface area contributed by atoms with Gasteiger partial charge in [0.05, 0.1) is 11.5 Å². The van der Waals surface area contributed by atoms with Crippen LogP contribution in [0.3, 0.4) is 0 Å². The third-order valence-electron chi connectivity index (χ3n) is 6.38. The number of non-ortho nitro benzene ring substituents is 1. The highest BCUT2D eigenvalue weighted by atomic mass is 19.1. The normalized spacial score (nSPS) is 17.6. The Morgan fingerprint density at radius 2 is 1.74 bits per heavy atom. The molecule has 0 spiro atoms. The number of nitrogens with zero attached hydrogens (tertiary/aromatic N) is 3. The number of imide groups is 1. The maximum absolute atomic E-state index is 14.1. The van der Waals surface area contributed by atoms with Crippen molar-refractivity contribution in [1.82, 2.24) is 14.8 Å². The third-order valence-corrected chi connectivity index (χ3v) is 6.38. The molecule has 10 heteroatoms. The van der Waals surface area contributed by atoms with Crippen molar-refractivity contribution in [2.24, 2.45) is 0 Å². The topological polar surface area (TPSA) is 115 Å². The number of aryl methyl sites for hydroxylation is 2. The van der Waals surface area contributed by atoms with E-state index in [-0.39, 0.29) is 11.5 Å². The smallest absolute Gasteiger partial charge is 0.319 e. The molecule has 4 rings (SSSR count). The third kappa shape index (κ3) is 3.96. The second-order valence-electron chi connectivity index (χ2n) is 8.73. The number of ketones is 1. The monoisotopic (exact) mass is 478 g/mol. The van der Waals surface area contributed by atoms with E-state index in [1.54, 1.807) is 43.5 Å². The summed E-state index contributed by atoms with van der Waals surface area (Å²) in [4.78, 5) is 50.2. The van der Waals surface area contributed by atoms with E-state index in [0.717, 1.165) is 4.90 Å². The molecule has 1 atom stereocenters. The van der Waals surface area contributed by atoms with Gasteiger partial charge in [-0.25, -0.2) is 9.18 Å². The van der Waals surface area contributed by atoms with Gasteiger partial charge in [-0.1, -0.05) is 6.07 Å². The number of rotatable bonds is 6. The molecule has 0 radical (unpaired) electrons. The lowest BCUT2D eigenvalue weighted by atomic mass is 9.92. The number of benzene rings is 2. The van der Waals surface area contributed by atoms with E-state index >= 15 is 0 Å². The Morgan fingerprint density at radius 3 is 2.34 bits per heavy atom. The van der Waals surface area contributed by atoms with Crippen molar-refractivity contribution >= 4 is 23.4 Å². The quantitative estimate of drug-likeness (QED) is 0.248. The van der Waals surface area contributed by atoms with Crippen LogP contribution in [-0.2, 0) is 10.3 Å². The second-order valence-corrected chi connectivity index (χ2v) is 8.73. The molecule has 1 aromatic heterocycles. The summed E-state index contributed by atoms with van der Waals surface area (Å²) in [7, 11) is 0. The summed E-state index contributed by atoms with van der Waals surface area (Å²) in [5.41, 5.74) is 1.37. The first-order valence-corrected chi connectivity index (χ1v) is 10.8. The number of carbonyl (C=O) groups is 3. The minimum Gasteiger partial charge on any atom is -0.319 e. The molecule has 1 saturated heterocycles. The van der Waals surface area contributed by atoms with Gasteiger partial charge in [0.1, 0.15) is 11.4 Å². The molecule has 0 saturated carbocycles. The summed E-state index contributed by atoms with van der Waals surface area (Å²) in [5, 5.41) is 13.5. The van der Waals surface area contributed by atoms with Gasteiger partial charge in [-0.3, -0.25) is 24.6 Å². The Morgan fingerprint density at radius 1 is 1.09 bits per heavy atom. The Bertz CT molecular complexity index is 1400. The number of hydrogen-bond donors (Lipinski definition) is 1. The number of aromatic nitrogens is 1. The summed E-state index contributed by atoms with van der Waals surface area (Å²) in [6.45, 7) is 6.15. The highest BCUT2D eigenvalue weighted by molar-refractivity contribution is 6.11. The molecule has 1 aliphatic rings. The number of nitro benzene ring substituents is 1. The van der Waals surface area contributed by atoms with E-state index in [1.807, 2.05) is 0 Å². The van der Waals surface area contributed by atoms with Crippen molar-refractivity contribution in [3.8, 4) is 5.69 Å². The Hall–Kier alpha value is -4.34. The number of carbonyl (C=O) groups excluding carboxylic acids is 3. The molecular formula is C25H23FN4O5. The van der Waals surface area contributed by atoms with E-state index in [9.17, 15) is 28.9 Å². The van der Waals surface area contributed by atoms with Crippen LogP contribution in [0, 0.1) is 36.7 Å². The van der Waals surface area contributed by atoms with E-state index in [2.05, 4.69) is 5.32 Å². The number of nitrogens with one attached hydrogen (secondary N) is 1. The van der Waals surface area contributed by atoms with Crippen molar-refractivity contribution in [1.29, 1.82) is 0 Å². The summed E-state index contributed by atoms with van der Waals surface area (Å²) in [5.74, 6) is -1.46. The standard InChI is InChI=1S/C25H23FN4O5/c1-14-5-8-19(12-21(14)26)29-15(2)11-20(16(29)3)22(31)13-28-23(32)25(4,27-24(28)33)17-6-9-18(10-7-17)30(34)35/h5-12H,13H2,1-4H3,(H,27,33)/t25-/m0/s1. The lowest BCUT2D eigenvalue weighted by molar-refractivity contribution is -0.384. The second kappa shape index (κ2) is 8.46. The predicted molar refractivity (Wildman–Crippen MR) is 125 cm³/mol. The van der Waals surface area contributed by atoms with Crippen molar-refractivity contribution in [2.75, 3.05) is 6.54 Å². The number of urea groups is 1. The molecule has 9 nitrogen and oxygen atoms in total. The summed E-state index contributed by atoms with van der Waals surface area (Å²) in [6, 6.07) is 11.0. The van der Waals surface area contributed by atoms with Crippen LogP contribution in [0.5, 0.6) is 0 Å². The predicted octanol–water partition coefficient (Wildman–Crippen LogP) is 4.10. The van der Waals surface area contributed by atoms with Crippen LogP contribution in [0.15, 0.2) is 48.5 Å². The molecule has 3 aromatic rings.